The fraction of sp³-hybridized carbons (Fsp3) is 0.116. The first-order valence-electron chi connectivity index (χ1n) is 31.2. The van der Waals surface area contributed by atoms with Crippen LogP contribution < -0.4 is 4.90 Å². The summed E-state index contributed by atoms with van der Waals surface area (Å²) in [6, 6.07) is 106. The molecular formula is C86H72N2. The third-order valence-corrected chi connectivity index (χ3v) is 18.5. The second kappa shape index (κ2) is 23.5. The van der Waals surface area contributed by atoms with E-state index in [0.717, 1.165) is 66.0 Å². The maximum Gasteiger partial charge on any atom is 0.0541 e. The van der Waals surface area contributed by atoms with Gasteiger partial charge < -0.3 is 9.47 Å². The van der Waals surface area contributed by atoms with Crippen molar-refractivity contribution in [1.29, 1.82) is 0 Å². The molecule has 1 unspecified atom stereocenters. The van der Waals surface area contributed by atoms with Crippen molar-refractivity contribution in [3.63, 3.8) is 0 Å². The van der Waals surface area contributed by atoms with Gasteiger partial charge in [-0.1, -0.05) is 271 Å². The zero-order valence-electron chi connectivity index (χ0n) is 50.6. The first-order valence-corrected chi connectivity index (χ1v) is 31.2. The average molecular weight is 1130 g/mol. The summed E-state index contributed by atoms with van der Waals surface area (Å²) < 4.78 is 2.42. The molecule has 0 saturated heterocycles. The number of anilines is 3. The van der Waals surface area contributed by atoms with Gasteiger partial charge in [-0.05, 0) is 192 Å². The second-order valence-corrected chi connectivity index (χ2v) is 24.8. The molecule has 0 aliphatic heterocycles. The molecule has 2 nitrogen and oxygen atoms in total. The highest BCUT2D eigenvalue weighted by Gasteiger charge is 2.44. The number of rotatable bonds is 17. The van der Waals surface area contributed by atoms with Crippen molar-refractivity contribution in [3.05, 3.63) is 337 Å². The Balaban J connectivity index is 0.863. The second-order valence-electron chi connectivity index (χ2n) is 24.8. The van der Waals surface area contributed by atoms with Gasteiger partial charge in [0.15, 0.2) is 0 Å². The minimum absolute atomic E-state index is 0.0358. The maximum absolute atomic E-state index is 3.97. The van der Waals surface area contributed by atoms with Gasteiger partial charge >= 0.3 is 0 Å². The minimum atomic E-state index is -0.359. The van der Waals surface area contributed by atoms with E-state index >= 15 is 0 Å². The van der Waals surface area contributed by atoms with Crippen LogP contribution in [0.25, 0.3) is 95.3 Å². The van der Waals surface area contributed by atoms with Crippen LogP contribution in [-0.4, -0.2) is 4.57 Å². The Morgan fingerprint density at radius 2 is 0.841 bits per heavy atom. The molecule has 426 valence electrons. The van der Waals surface area contributed by atoms with E-state index in [2.05, 4.69) is 329 Å². The molecule has 0 spiro atoms. The van der Waals surface area contributed by atoms with Gasteiger partial charge in [0.1, 0.15) is 0 Å². The summed E-state index contributed by atoms with van der Waals surface area (Å²) in [4.78, 5) is 2.47. The Morgan fingerprint density at radius 1 is 0.386 bits per heavy atom. The number of fused-ring (bicyclic) bond motifs is 6. The molecule has 0 radical (unpaired) electrons. The monoisotopic (exact) mass is 1130 g/mol. The topological polar surface area (TPSA) is 8.17 Å². The molecule has 1 aliphatic carbocycles. The van der Waals surface area contributed by atoms with Gasteiger partial charge in [-0.3, -0.25) is 0 Å². The van der Waals surface area contributed by atoms with Crippen LogP contribution >= 0.6 is 0 Å². The van der Waals surface area contributed by atoms with E-state index in [1.807, 2.05) is 12.2 Å². The maximum atomic E-state index is 3.97. The SMILES string of the molecule is C=Cc1ccc(CCCCCC2(c3ccc(C(C)(C)C)cc3)c3ccccc3-c3ccc(N(c4ccc(-c5ccccc5)cc4)c4ccc(-c5ccc6c(c5)c5cc(-c7ccccc7)ccc5n6-c5ccc(-c6ccc(C=C)cc6)cc5)cc4)cc32)cc1. The van der Waals surface area contributed by atoms with E-state index in [0.29, 0.717) is 0 Å². The molecule has 0 bridgehead atoms. The zero-order chi connectivity index (χ0) is 59.8. The highest BCUT2D eigenvalue weighted by atomic mass is 15.1. The Hall–Kier alpha value is -10.3. The molecule has 0 amide bonds. The van der Waals surface area contributed by atoms with Crippen molar-refractivity contribution in [2.24, 2.45) is 0 Å². The number of benzene rings is 12. The van der Waals surface area contributed by atoms with E-state index in [9.17, 15) is 0 Å². The van der Waals surface area contributed by atoms with E-state index in [1.165, 1.54) is 105 Å². The summed E-state index contributed by atoms with van der Waals surface area (Å²) in [7, 11) is 0. The van der Waals surface area contributed by atoms with Crippen LogP contribution in [0.4, 0.5) is 17.1 Å². The average Bonchev–Trinajstić information content (AvgIpc) is 1.58. The largest absolute Gasteiger partial charge is 0.310 e. The van der Waals surface area contributed by atoms with Gasteiger partial charge in [0, 0.05) is 38.9 Å². The summed E-state index contributed by atoms with van der Waals surface area (Å²) >= 11 is 0. The lowest BCUT2D eigenvalue weighted by molar-refractivity contribution is 0.517. The first-order chi connectivity index (χ1) is 43.1. The standard InChI is InChI=1S/C86H72N2/c1-6-60-26-28-62(29-27-60)19-11-10-18-56-86(72-44-42-71(43-45-72)85(3,4)5)81-25-17-16-24-77(81)78-53-52-76(59-82(78)86)87(73-46-34-66(35-47-73)63-20-12-8-13-21-63)74-48-38-68(39-49-74)70-41-55-84-80(58-70)79-57-69(64-22-14-9-15-23-64)40-54-83(79)88(84)75-50-36-67(37-51-75)65-32-30-61(7-2)31-33-65/h6-9,12-17,20-55,57-59H,1-2,10-11,18-19,56H2,3-5H3. The molecule has 1 aromatic heterocycles. The molecule has 88 heavy (non-hydrogen) atoms. The number of hydrogen-bond donors (Lipinski definition) is 0. The van der Waals surface area contributed by atoms with E-state index < -0.39 is 0 Å². The van der Waals surface area contributed by atoms with Crippen LogP contribution in [-0.2, 0) is 17.3 Å². The van der Waals surface area contributed by atoms with Crippen LogP contribution in [0.5, 0.6) is 0 Å². The fourth-order valence-electron chi connectivity index (χ4n) is 13.8. The molecule has 1 heterocycles. The molecule has 1 aliphatic rings. The summed E-state index contributed by atoms with van der Waals surface area (Å²) in [5.74, 6) is 0. The van der Waals surface area contributed by atoms with Crippen LogP contribution in [0, 0.1) is 0 Å². The molecule has 0 saturated carbocycles. The first kappa shape index (κ1) is 55.6. The molecule has 2 heteroatoms. The Bertz CT molecular complexity index is 4640. The molecule has 12 aromatic carbocycles. The molecule has 1 atom stereocenters. The van der Waals surface area contributed by atoms with E-state index in [-0.39, 0.29) is 10.8 Å². The lowest BCUT2D eigenvalue weighted by atomic mass is 9.68. The van der Waals surface area contributed by atoms with Crippen LogP contribution in [0.3, 0.4) is 0 Å². The summed E-state index contributed by atoms with van der Waals surface area (Å²) in [6.07, 6.45) is 9.25. The lowest BCUT2D eigenvalue weighted by Gasteiger charge is -2.35. The molecule has 13 aromatic rings. The van der Waals surface area contributed by atoms with Gasteiger partial charge in [0.05, 0.1) is 11.0 Å². The molecule has 14 rings (SSSR count). The van der Waals surface area contributed by atoms with Gasteiger partial charge in [-0.2, -0.15) is 0 Å². The predicted molar refractivity (Wildman–Crippen MR) is 376 cm³/mol. The van der Waals surface area contributed by atoms with Crippen molar-refractivity contribution in [1.82, 2.24) is 4.57 Å². The number of nitrogens with zero attached hydrogens (tertiary/aromatic N) is 2. The van der Waals surface area contributed by atoms with Gasteiger partial charge in [-0.25, -0.2) is 0 Å². The van der Waals surface area contributed by atoms with E-state index in [4.69, 9.17) is 0 Å². The van der Waals surface area contributed by atoms with Crippen LogP contribution in [0.1, 0.15) is 85.4 Å². The lowest BCUT2D eigenvalue weighted by Crippen LogP contribution is -2.27. The summed E-state index contributed by atoms with van der Waals surface area (Å²) in [6.45, 7) is 14.9. The third-order valence-electron chi connectivity index (χ3n) is 18.5. The quantitative estimate of drug-likeness (QED) is 0.0825. The Kier molecular flexibility index (Phi) is 14.9. The smallest absolute Gasteiger partial charge is 0.0541 e. The number of unbranched alkanes of at least 4 members (excludes halogenated alkanes) is 2. The van der Waals surface area contributed by atoms with Crippen molar-refractivity contribution in [3.8, 4) is 61.3 Å². The number of hydrogen-bond acceptors (Lipinski definition) is 1. The molecular weight excluding hydrogens is 1060 g/mol. The fourth-order valence-corrected chi connectivity index (χ4v) is 13.8. The number of aryl methyl sites for hydroxylation is 1. The van der Waals surface area contributed by atoms with Crippen molar-refractivity contribution < 1.29 is 0 Å². The third kappa shape index (κ3) is 10.5. The predicted octanol–water partition coefficient (Wildman–Crippen LogP) is 23.6. The highest BCUT2D eigenvalue weighted by Crippen LogP contribution is 2.57. The van der Waals surface area contributed by atoms with E-state index in [1.54, 1.807) is 0 Å². The van der Waals surface area contributed by atoms with Gasteiger partial charge in [0.25, 0.3) is 0 Å². The van der Waals surface area contributed by atoms with Gasteiger partial charge in [-0.15, -0.1) is 0 Å². The molecule has 0 fully saturated rings. The zero-order valence-corrected chi connectivity index (χ0v) is 50.6. The van der Waals surface area contributed by atoms with Crippen molar-refractivity contribution >= 4 is 51.0 Å². The highest BCUT2D eigenvalue weighted by molar-refractivity contribution is 6.12. The normalized spacial score (nSPS) is 13.5. The van der Waals surface area contributed by atoms with Crippen molar-refractivity contribution in [2.75, 3.05) is 4.90 Å². The molecule has 0 N–H and O–H groups in total. The minimum Gasteiger partial charge on any atom is -0.310 e. The van der Waals surface area contributed by atoms with Crippen molar-refractivity contribution in [2.45, 2.75) is 63.7 Å². The summed E-state index contributed by atoms with van der Waals surface area (Å²) in [5.41, 5.74) is 27.7. The van der Waals surface area contributed by atoms with Crippen LogP contribution in [0.2, 0.25) is 0 Å². The Labute approximate surface area is 519 Å². The Morgan fingerprint density at radius 3 is 1.40 bits per heavy atom. The number of aromatic nitrogens is 1. The van der Waals surface area contributed by atoms with Crippen LogP contribution in [0.15, 0.2) is 298 Å². The van der Waals surface area contributed by atoms with Gasteiger partial charge in [0.2, 0.25) is 0 Å². The summed E-state index contributed by atoms with van der Waals surface area (Å²) in [5, 5.41) is 2.44.